The SMILES string of the molecule is Cc1noc(C)c1S(=O)(=O)N1CCCC(C(=O)NC(C)C)C1. The lowest BCUT2D eigenvalue weighted by atomic mass is 9.98. The molecule has 1 unspecified atom stereocenters. The minimum absolute atomic E-state index is 0.0436. The number of hydrogen-bond donors (Lipinski definition) is 1. The molecule has 1 aliphatic rings. The van der Waals surface area contributed by atoms with E-state index in [1.54, 1.807) is 13.8 Å². The highest BCUT2D eigenvalue weighted by atomic mass is 32.2. The quantitative estimate of drug-likeness (QED) is 0.896. The molecule has 1 aromatic rings. The largest absolute Gasteiger partial charge is 0.360 e. The summed E-state index contributed by atoms with van der Waals surface area (Å²) in [4.78, 5) is 12.3. The number of nitrogens with one attached hydrogen (secondary N) is 1. The second-order valence-electron chi connectivity index (χ2n) is 6.02. The maximum atomic E-state index is 12.8. The summed E-state index contributed by atoms with van der Waals surface area (Å²) in [6, 6.07) is 0.0436. The Bertz CT molecular complexity index is 632. The van der Waals surface area contributed by atoms with Gasteiger partial charge in [0.15, 0.2) is 5.76 Å². The summed E-state index contributed by atoms with van der Waals surface area (Å²) in [7, 11) is -3.68. The number of sulfonamides is 1. The number of carbonyl (C=O) groups excluding carboxylic acids is 1. The molecule has 0 bridgehead atoms. The predicted molar refractivity (Wildman–Crippen MR) is 80.7 cm³/mol. The number of hydrogen-bond acceptors (Lipinski definition) is 5. The van der Waals surface area contributed by atoms with Crippen LogP contribution < -0.4 is 5.32 Å². The van der Waals surface area contributed by atoms with Gasteiger partial charge in [0.25, 0.3) is 0 Å². The van der Waals surface area contributed by atoms with Gasteiger partial charge in [-0.25, -0.2) is 8.42 Å². The van der Waals surface area contributed by atoms with Gasteiger partial charge >= 0.3 is 0 Å². The molecule has 0 aliphatic carbocycles. The first kappa shape index (κ1) is 17.0. The molecule has 1 aliphatic heterocycles. The molecule has 1 atom stereocenters. The van der Waals surface area contributed by atoms with Crippen LogP contribution in [-0.4, -0.2) is 42.9 Å². The summed E-state index contributed by atoms with van der Waals surface area (Å²) in [5.41, 5.74) is 0.353. The highest BCUT2D eigenvalue weighted by molar-refractivity contribution is 7.89. The van der Waals surface area contributed by atoms with Gasteiger partial charge in [0.1, 0.15) is 10.6 Å². The molecule has 124 valence electrons. The van der Waals surface area contributed by atoms with E-state index in [-0.39, 0.29) is 35.1 Å². The number of nitrogens with zero attached hydrogens (tertiary/aromatic N) is 2. The van der Waals surface area contributed by atoms with Crippen molar-refractivity contribution in [2.24, 2.45) is 5.92 Å². The van der Waals surface area contributed by atoms with Crippen LogP contribution in [0.4, 0.5) is 0 Å². The first-order valence-electron chi connectivity index (χ1n) is 7.47. The van der Waals surface area contributed by atoms with Crippen LogP contribution in [0.5, 0.6) is 0 Å². The van der Waals surface area contributed by atoms with Crippen molar-refractivity contribution in [1.82, 2.24) is 14.8 Å². The van der Waals surface area contributed by atoms with Crippen LogP contribution in [0.25, 0.3) is 0 Å². The van der Waals surface area contributed by atoms with Gasteiger partial charge in [0.05, 0.1) is 5.92 Å². The van der Waals surface area contributed by atoms with Crippen molar-refractivity contribution in [3.8, 4) is 0 Å². The average molecular weight is 329 g/mol. The maximum Gasteiger partial charge on any atom is 0.248 e. The van der Waals surface area contributed by atoms with Crippen LogP contribution in [0, 0.1) is 19.8 Å². The van der Waals surface area contributed by atoms with E-state index in [9.17, 15) is 13.2 Å². The lowest BCUT2D eigenvalue weighted by Gasteiger charge is -2.31. The molecule has 0 spiro atoms. The third-order valence-electron chi connectivity index (χ3n) is 3.75. The molecule has 0 radical (unpaired) electrons. The van der Waals surface area contributed by atoms with Gasteiger partial charge in [-0.3, -0.25) is 4.79 Å². The molecule has 0 saturated carbocycles. The number of aromatic nitrogens is 1. The van der Waals surface area contributed by atoms with Crippen molar-refractivity contribution >= 4 is 15.9 Å². The van der Waals surface area contributed by atoms with Crippen molar-refractivity contribution in [2.45, 2.75) is 51.5 Å². The minimum Gasteiger partial charge on any atom is -0.360 e. The van der Waals surface area contributed by atoms with Crippen molar-refractivity contribution in [3.05, 3.63) is 11.5 Å². The molecular weight excluding hydrogens is 306 g/mol. The number of piperidine rings is 1. The Morgan fingerprint density at radius 3 is 2.64 bits per heavy atom. The Morgan fingerprint density at radius 2 is 2.09 bits per heavy atom. The summed E-state index contributed by atoms with van der Waals surface area (Å²) in [6.45, 7) is 7.58. The van der Waals surface area contributed by atoms with E-state index in [1.165, 1.54) is 4.31 Å². The smallest absolute Gasteiger partial charge is 0.248 e. The topological polar surface area (TPSA) is 92.5 Å². The van der Waals surface area contributed by atoms with Gasteiger partial charge in [-0.2, -0.15) is 4.31 Å². The third kappa shape index (κ3) is 3.33. The molecule has 8 heteroatoms. The van der Waals surface area contributed by atoms with Crippen LogP contribution >= 0.6 is 0 Å². The Hall–Kier alpha value is -1.41. The number of carbonyl (C=O) groups is 1. The number of amides is 1. The summed E-state index contributed by atoms with van der Waals surface area (Å²) < 4.78 is 31.9. The summed E-state index contributed by atoms with van der Waals surface area (Å²) in [6.07, 6.45) is 1.37. The van der Waals surface area contributed by atoms with E-state index < -0.39 is 10.0 Å². The molecule has 1 N–H and O–H groups in total. The zero-order valence-electron chi connectivity index (χ0n) is 13.4. The molecule has 1 fully saturated rings. The monoisotopic (exact) mass is 329 g/mol. The summed E-state index contributed by atoms with van der Waals surface area (Å²) in [5, 5.41) is 6.56. The Labute approximate surface area is 131 Å². The molecule has 1 aromatic heterocycles. The zero-order valence-corrected chi connectivity index (χ0v) is 14.2. The second kappa shape index (κ2) is 6.37. The summed E-state index contributed by atoms with van der Waals surface area (Å²) >= 11 is 0. The first-order valence-corrected chi connectivity index (χ1v) is 8.91. The highest BCUT2D eigenvalue weighted by Crippen LogP contribution is 2.27. The van der Waals surface area contributed by atoms with E-state index in [0.29, 0.717) is 25.1 Å². The highest BCUT2D eigenvalue weighted by Gasteiger charge is 2.36. The Morgan fingerprint density at radius 1 is 1.41 bits per heavy atom. The standard InChI is InChI=1S/C14H23N3O4S/c1-9(2)15-14(18)12-6-5-7-17(8-12)22(19,20)13-10(3)16-21-11(13)4/h9,12H,5-8H2,1-4H3,(H,15,18). The van der Waals surface area contributed by atoms with Crippen molar-refractivity contribution in [3.63, 3.8) is 0 Å². The van der Waals surface area contributed by atoms with Gasteiger partial charge in [0.2, 0.25) is 15.9 Å². The number of rotatable bonds is 4. The van der Waals surface area contributed by atoms with Gasteiger partial charge in [-0.1, -0.05) is 5.16 Å². The Balaban J connectivity index is 2.20. The van der Waals surface area contributed by atoms with Crippen molar-refractivity contribution < 1.29 is 17.7 Å². The molecule has 22 heavy (non-hydrogen) atoms. The lowest BCUT2D eigenvalue weighted by molar-refractivity contribution is -0.126. The van der Waals surface area contributed by atoms with Gasteiger partial charge in [-0.15, -0.1) is 0 Å². The maximum absolute atomic E-state index is 12.8. The molecule has 7 nitrogen and oxygen atoms in total. The molecule has 1 amide bonds. The average Bonchev–Trinajstić information content (AvgIpc) is 2.78. The normalized spacial score (nSPS) is 20.3. The fourth-order valence-corrected chi connectivity index (χ4v) is 4.56. The van der Waals surface area contributed by atoms with Crippen molar-refractivity contribution in [1.29, 1.82) is 0 Å². The van der Waals surface area contributed by atoms with Gasteiger partial charge < -0.3 is 9.84 Å². The summed E-state index contributed by atoms with van der Waals surface area (Å²) in [5.74, 6) is -0.119. The fraction of sp³-hybridized carbons (Fsp3) is 0.714. The van der Waals surface area contributed by atoms with E-state index in [1.807, 2.05) is 13.8 Å². The lowest BCUT2D eigenvalue weighted by Crippen LogP contribution is -2.46. The van der Waals surface area contributed by atoms with E-state index >= 15 is 0 Å². The van der Waals surface area contributed by atoms with Crippen molar-refractivity contribution in [2.75, 3.05) is 13.1 Å². The van der Waals surface area contributed by atoms with Crippen LogP contribution in [-0.2, 0) is 14.8 Å². The minimum atomic E-state index is -3.68. The van der Waals surface area contributed by atoms with Crippen LogP contribution in [0.2, 0.25) is 0 Å². The molecule has 2 rings (SSSR count). The second-order valence-corrected chi connectivity index (χ2v) is 7.89. The molecule has 1 saturated heterocycles. The van der Waals surface area contributed by atoms with Crippen LogP contribution in [0.3, 0.4) is 0 Å². The van der Waals surface area contributed by atoms with E-state index in [2.05, 4.69) is 10.5 Å². The first-order chi connectivity index (χ1) is 10.2. The Kier molecular flexibility index (Phi) is 4.91. The van der Waals surface area contributed by atoms with E-state index in [0.717, 1.165) is 0 Å². The van der Waals surface area contributed by atoms with Gasteiger partial charge in [-0.05, 0) is 40.5 Å². The molecular formula is C14H23N3O4S. The number of aryl methyl sites for hydroxylation is 2. The molecule has 0 aromatic carbocycles. The van der Waals surface area contributed by atoms with Crippen LogP contribution in [0.15, 0.2) is 9.42 Å². The predicted octanol–water partition coefficient (Wildman–Crippen LogP) is 1.22. The third-order valence-corrected chi connectivity index (χ3v) is 5.86. The van der Waals surface area contributed by atoms with E-state index in [4.69, 9.17) is 4.52 Å². The zero-order chi connectivity index (χ0) is 16.5. The van der Waals surface area contributed by atoms with Gasteiger partial charge in [0, 0.05) is 19.1 Å². The molecule has 2 heterocycles. The van der Waals surface area contributed by atoms with Crippen LogP contribution in [0.1, 0.15) is 38.1 Å². The fourth-order valence-electron chi connectivity index (χ4n) is 2.75.